The van der Waals surface area contributed by atoms with Gasteiger partial charge >= 0.3 is 0 Å². The smallest absolute Gasteiger partial charge is 0.254 e. The lowest BCUT2D eigenvalue weighted by molar-refractivity contribution is -0.117. The van der Waals surface area contributed by atoms with E-state index in [1.165, 1.54) is 0 Å². The monoisotopic (exact) mass is 445 g/mol. The summed E-state index contributed by atoms with van der Waals surface area (Å²) >= 11 is 0. The molecular weight excluding hydrogens is 418 g/mol. The Morgan fingerprint density at radius 3 is 2.61 bits per heavy atom. The fourth-order valence-corrected chi connectivity index (χ4v) is 4.46. The fraction of sp³-hybridized carbons (Fsp3) is 0.458. The highest BCUT2D eigenvalue weighted by molar-refractivity contribution is 6.02. The SMILES string of the molecule is N#CCC1(n2cc(C(N)=O)c(NC(=O)C3CC3)n2)CCC(NCc2cccc(C#N)c2)CC1. The lowest BCUT2D eigenvalue weighted by Gasteiger charge is -2.39. The molecule has 0 radical (unpaired) electrons. The van der Waals surface area contributed by atoms with Crippen LogP contribution in [0.2, 0.25) is 0 Å². The Labute approximate surface area is 192 Å². The zero-order valence-corrected chi connectivity index (χ0v) is 18.4. The van der Waals surface area contributed by atoms with Gasteiger partial charge in [-0.25, -0.2) is 0 Å². The minimum atomic E-state index is -0.658. The van der Waals surface area contributed by atoms with Gasteiger partial charge in [0.2, 0.25) is 5.91 Å². The molecule has 9 heteroatoms. The van der Waals surface area contributed by atoms with Gasteiger partial charge in [0, 0.05) is 24.7 Å². The maximum absolute atomic E-state index is 12.2. The van der Waals surface area contributed by atoms with Crippen LogP contribution in [0.15, 0.2) is 30.5 Å². The van der Waals surface area contributed by atoms with Gasteiger partial charge in [0.25, 0.3) is 5.91 Å². The molecule has 2 saturated carbocycles. The number of carbonyl (C=O) groups is 2. The van der Waals surface area contributed by atoms with E-state index in [0.29, 0.717) is 24.9 Å². The average Bonchev–Trinajstić information content (AvgIpc) is 3.59. The number of nitriles is 2. The summed E-state index contributed by atoms with van der Waals surface area (Å²) in [5.41, 5.74) is 6.84. The molecule has 9 nitrogen and oxygen atoms in total. The Balaban J connectivity index is 1.46. The van der Waals surface area contributed by atoms with Gasteiger partial charge < -0.3 is 16.4 Å². The van der Waals surface area contributed by atoms with Crippen molar-refractivity contribution in [3.8, 4) is 12.1 Å². The highest BCUT2D eigenvalue weighted by Gasteiger charge is 2.39. The molecule has 2 aliphatic carbocycles. The van der Waals surface area contributed by atoms with Crippen molar-refractivity contribution in [3.05, 3.63) is 47.2 Å². The standard InChI is InChI=1S/C24H27N7O2/c25-11-10-24(31-15-20(21(27)32)22(30-31)29-23(33)18-4-5-18)8-6-19(7-9-24)28-14-17-3-1-2-16(12-17)13-26/h1-3,12,15,18-19,28H,4-10,14H2,(H2,27,32)(H,29,30,33). The van der Waals surface area contributed by atoms with E-state index in [9.17, 15) is 14.9 Å². The van der Waals surface area contributed by atoms with Gasteiger partial charge in [-0.15, -0.1) is 0 Å². The maximum Gasteiger partial charge on any atom is 0.254 e. The summed E-state index contributed by atoms with van der Waals surface area (Å²) < 4.78 is 1.67. The first-order chi connectivity index (χ1) is 15.9. The highest BCUT2D eigenvalue weighted by atomic mass is 16.2. The van der Waals surface area contributed by atoms with E-state index < -0.39 is 11.4 Å². The molecule has 1 heterocycles. The van der Waals surface area contributed by atoms with E-state index in [4.69, 9.17) is 11.0 Å². The van der Waals surface area contributed by atoms with Crippen molar-refractivity contribution in [3.63, 3.8) is 0 Å². The summed E-state index contributed by atoms with van der Waals surface area (Å²) in [6, 6.07) is 12.2. The predicted octanol–water partition coefficient (Wildman–Crippen LogP) is 2.54. The van der Waals surface area contributed by atoms with Gasteiger partial charge in [0.15, 0.2) is 5.82 Å². The number of rotatable bonds is 8. The quantitative estimate of drug-likeness (QED) is 0.568. The van der Waals surface area contributed by atoms with Crippen LogP contribution in [0, 0.1) is 28.6 Å². The zero-order valence-electron chi connectivity index (χ0n) is 18.4. The lowest BCUT2D eigenvalue weighted by Crippen LogP contribution is -2.43. The predicted molar refractivity (Wildman–Crippen MR) is 121 cm³/mol. The van der Waals surface area contributed by atoms with Gasteiger partial charge in [-0.1, -0.05) is 12.1 Å². The fourth-order valence-electron chi connectivity index (χ4n) is 4.46. The Bertz CT molecular complexity index is 1130. The molecule has 170 valence electrons. The molecule has 2 fully saturated rings. The van der Waals surface area contributed by atoms with Crippen LogP contribution in [-0.2, 0) is 16.9 Å². The van der Waals surface area contributed by atoms with Crippen LogP contribution in [0.1, 0.15) is 66.4 Å². The van der Waals surface area contributed by atoms with Crippen molar-refractivity contribution < 1.29 is 9.59 Å². The second kappa shape index (κ2) is 9.43. The summed E-state index contributed by atoms with van der Waals surface area (Å²) in [7, 11) is 0. The van der Waals surface area contributed by atoms with Crippen molar-refractivity contribution in [1.29, 1.82) is 10.5 Å². The summed E-state index contributed by atoms with van der Waals surface area (Å²) in [6.45, 7) is 0.663. The van der Waals surface area contributed by atoms with Crippen LogP contribution >= 0.6 is 0 Å². The molecule has 4 rings (SSSR count). The second-order valence-electron chi connectivity index (χ2n) is 8.99. The van der Waals surface area contributed by atoms with Crippen LogP contribution in [-0.4, -0.2) is 27.6 Å². The minimum absolute atomic E-state index is 0.0284. The van der Waals surface area contributed by atoms with E-state index in [2.05, 4.69) is 27.9 Å². The summed E-state index contributed by atoms with van der Waals surface area (Å²) in [6.07, 6.45) is 6.56. The number of hydrogen-bond acceptors (Lipinski definition) is 6. The van der Waals surface area contributed by atoms with E-state index >= 15 is 0 Å². The third-order valence-electron chi connectivity index (χ3n) is 6.63. The zero-order chi connectivity index (χ0) is 23.4. The summed E-state index contributed by atoms with van der Waals surface area (Å²) in [4.78, 5) is 24.2. The summed E-state index contributed by atoms with van der Waals surface area (Å²) in [5.74, 6) is -0.659. The Morgan fingerprint density at radius 1 is 1.21 bits per heavy atom. The molecule has 4 N–H and O–H groups in total. The van der Waals surface area contributed by atoms with E-state index in [1.54, 1.807) is 16.9 Å². The molecule has 0 unspecified atom stereocenters. The molecule has 2 aliphatic rings. The molecule has 1 aromatic carbocycles. The lowest BCUT2D eigenvalue weighted by atomic mass is 9.77. The number of carbonyl (C=O) groups excluding carboxylic acids is 2. The molecule has 1 aromatic heterocycles. The number of primary amides is 1. The van der Waals surface area contributed by atoms with Crippen molar-refractivity contribution >= 4 is 17.6 Å². The van der Waals surface area contributed by atoms with E-state index in [0.717, 1.165) is 31.2 Å². The van der Waals surface area contributed by atoms with Gasteiger partial charge in [0.05, 0.1) is 29.7 Å². The third-order valence-corrected chi connectivity index (χ3v) is 6.63. The van der Waals surface area contributed by atoms with Crippen LogP contribution in [0.3, 0.4) is 0 Å². The third kappa shape index (κ3) is 5.05. The largest absolute Gasteiger partial charge is 0.365 e. The minimum Gasteiger partial charge on any atom is -0.365 e. The topological polar surface area (TPSA) is 150 Å². The molecule has 0 atom stereocenters. The van der Waals surface area contributed by atoms with Crippen LogP contribution in [0.5, 0.6) is 0 Å². The number of hydrogen-bond donors (Lipinski definition) is 3. The van der Waals surface area contributed by atoms with Gasteiger partial charge in [-0.3, -0.25) is 14.3 Å². The number of amides is 2. The van der Waals surface area contributed by atoms with Crippen LogP contribution in [0.25, 0.3) is 0 Å². The second-order valence-corrected chi connectivity index (χ2v) is 8.99. The molecule has 0 bridgehead atoms. The molecule has 2 aromatic rings. The average molecular weight is 446 g/mol. The molecule has 2 amide bonds. The normalized spacial score (nSPS) is 22.2. The van der Waals surface area contributed by atoms with Crippen molar-refractivity contribution in [2.75, 3.05) is 5.32 Å². The van der Waals surface area contributed by atoms with Gasteiger partial charge in [0.1, 0.15) is 5.56 Å². The highest BCUT2D eigenvalue weighted by Crippen LogP contribution is 2.39. The number of benzene rings is 1. The first kappa shape index (κ1) is 22.5. The maximum atomic E-state index is 12.2. The van der Waals surface area contributed by atoms with Gasteiger partial charge in [-0.2, -0.15) is 15.6 Å². The number of anilines is 1. The summed E-state index contributed by atoms with van der Waals surface area (Å²) in [5, 5.41) is 29.4. The first-order valence-electron chi connectivity index (χ1n) is 11.2. The molecule has 33 heavy (non-hydrogen) atoms. The van der Waals surface area contributed by atoms with Crippen molar-refractivity contribution in [2.45, 2.75) is 63.1 Å². The van der Waals surface area contributed by atoms with Crippen LogP contribution in [0.4, 0.5) is 5.82 Å². The van der Waals surface area contributed by atoms with Crippen molar-refractivity contribution in [2.24, 2.45) is 11.7 Å². The molecule has 0 aliphatic heterocycles. The van der Waals surface area contributed by atoms with Crippen LogP contribution < -0.4 is 16.4 Å². The number of nitrogens with zero attached hydrogens (tertiary/aromatic N) is 4. The first-order valence-corrected chi connectivity index (χ1v) is 11.2. The Morgan fingerprint density at radius 2 is 1.97 bits per heavy atom. The van der Waals surface area contributed by atoms with E-state index in [1.807, 2.05) is 18.2 Å². The Hall–Kier alpha value is -3.69. The van der Waals surface area contributed by atoms with Crippen molar-refractivity contribution in [1.82, 2.24) is 15.1 Å². The molecule has 0 spiro atoms. The van der Waals surface area contributed by atoms with Gasteiger partial charge in [-0.05, 0) is 56.2 Å². The molecular formula is C24H27N7O2. The molecule has 0 saturated heterocycles. The van der Waals surface area contributed by atoms with E-state index in [-0.39, 0.29) is 35.7 Å². The number of nitrogens with two attached hydrogens (primary N) is 1. The number of nitrogens with one attached hydrogen (secondary N) is 2. The Kier molecular flexibility index (Phi) is 6.43. The number of aromatic nitrogens is 2.